The molecule has 0 bridgehead atoms. The van der Waals surface area contributed by atoms with Crippen LogP contribution in [0, 0.1) is 5.92 Å². The van der Waals surface area contributed by atoms with Gasteiger partial charge in [0.2, 0.25) is 0 Å². The topological polar surface area (TPSA) is 66.8 Å². The van der Waals surface area contributed by atoms with Crippen molar-refractivity contribution in [2.45, 2.75) is 38.7 Å². The van der Waals surface area contributed by atoms with E-state index in [4.69, 9.17) is 5.11 Å². The molecule has 0 spiro atoms. The van der Waals surface area contributed by atoms with Gasteiger partial charge in [-0.2, -0.15) is 0 Å². The number of hydrogen-bond acceptors (Lipinski definition) is 3. The molecule has 0 aliphatic heterocycles. The molecule has 0 saturated carbocycles. The lowest BCUT2D eigenvalue weighted by molar-refractivity contribution is -0.275. The van der Waals surface area contributed by atoms with Gasteiger partial charge in [-0.25, -0.2) is 0 Å². The van der Waals surface area contributed by atoms with Gasteiger partial charge >= 0.3 is 12.3 Å². The second kappa shape index (κ2) is 7.31. The smallest absolute Gasteiger partial charge is 0.481 e. The zero-order valence-electron chi connectivity index (χ0n) is 11.4. The lowest BCUT2D eigenvalue weighted by Crippen LogP contribution is -2.24. The number of hydrogen-bond donors (Lipinski definition) is 2. The predicted octanol–water partition coefficient (Wildman–Crippen LogP) is 3.51. The van der Waals surface area contributed by atoms with Gasteiger partial charge in [0.05, 0.1) is 12.0 Å². The van der Waals surface area contributed by atoms with Crippen LogP contribution in [0.4, 0.5) is 13.2 Å². The Morgan fingerprint density at radius 1 is 1.33 bits per heavy atom. The molecule has 0 aliphatic carbocycles. The molecule has 4 nitrogen and oxygen atoms in total. The van der Waals surface area contributed by atoms with E-state index >= 15 is 0 Å². The predicted molar refractivity (Wildman–Crippen MR) is 68.7 cm³/mol. The van der Waals surface area contributed by atoms with E-state index in [0.717, 1.165) is 12.5 Å². The minimum Gasteiger partial charge on any atom is -0.481 e. The lowest BCUT2D eigenvalue weighted by atomic mass is 9.91. The number of aliphatic hydroxyl groups excluding tert-OH is 1. The number of aliphatic carboxylic acids is 1. The van der Waals surface area contributed by atoms with Gasteiger partial charge in [0.1, 0.15) is 5.75 Å². The normalized spacial score (nSPS) is 14.5. The highest BCUT2D eigenvalue weighted by Gasteiger charge is 2.35. The number of ether oxygens (including phenoxy) is 1. The molecule has 0 aromatic heterocycles. The van der Waals surface area contributed by atoms with Gasteiger partial charge in [0, 0.05) is 5.56 Å². The highest BCUT2D eigenvalue weighted by Crippen LogP contribution is 2.35. The highest BCUT2D eigenvalue weighted by molar-refractivity contribution is 5.71. The molecule has 0 heterocycles. The van der Waals surface area contributed by atoms with Gasteiger partial charge < -0.3 is 14.9 Å². The Hall–Kier alpha value is -1.76. The summed E-state index contributed by atoms with van der Waals surface area (Å²) in [6.45, 7) is 1.85. The molecule has 0 amide bonds. The zero-order chi connectivity index (χ0) is 16.0. The molecule has 0 radical (unpaired) electrons. The van der Waals surface area contributed by atoms with Crippen molar-refractivity contribution in [3.8, 4) is 5.75 Å². The highest BCUT2D eigenvalue weighted by atomic mass is 19.4. The number of aliphatic hydroxyl groups is 1. The van der Waals surface area contributed by atoms with Crippen LogP contribution in [-0.2, 0) is 4.79 Å². The Kier molecular flexibility index (Phi) is 6.02. The summed E-state index contributed by atoms with van der Waals surface area (Å²) in [7, 11) is 0. The lowest BCUT2D eigenvalue weighted by Gasteiger charge is -2.22. The molecule has 1 aromatic carbocycles. The van der Waals surface area contributed by atoms with Crippen LogP contribution in [0.1, 0.15) is 37.9 Å². The first-order valence-corrected chi connectivity index (χ1v) is 6.51. The van der Waals surface area contributed by atoms with E-state index in [0.29, 0.717) is 6.42 Å². The summed E-state index contributed by atoms with van der Waals surface area (Å²) >= 11 is 0. The quantitative estimate of drug-likeness (QED) is 0.809. The van der Waals surface area contributed by atoms with E-state index in [-0.39, 0.29) is 12.0 Å². The molecule has 2 unspecified atom stereocenters. The molecule has 2 atom stereocenters. The van der Waals surface area contributed by atoms with Crippen LogP contribution in [-0.4, -0.2) is 22.5 Å². The van der Waals surface area contributed by atoms with E-state index in [1.165, 1.54) is 18.2 Å². The number of carboxylic acid groups (broad SMARTS) is 1. The molecular formula is C14H17F3O4. The minimum absolute atomic E-state index is 0.174. The maximum Gasteiger partial charge on any atom is 0.573 e. The molecule has 2 N–H and O–H groups in total. The number of benzene rings is 1. The number of rotatable bonds is 7. The fraction of sp³-hybridized carbons (Fsp3) is 0.500. The monoisotopic (exact) mass is 306 g/mol. The maximum atomic E-state index is 12.3. The van der Waals surface area contributed by atoms with Crippen LogP contribution in [0.25, 0.3) is 0 Å². The van der Waals surface area contributed by atoms with Crippen molar-refractivity contribution in [3.05, 3.63) is 29.8 Å². The van der Waals surface area contributed by atoms with Crippen LogP contribution in [0.5, 0.6) is 5.75 Å². The van der Waals surface area contributed by atoms with Crippen molar-refractivity contribution < 1.29 is 32.9 Å². The van der Waals surface area contributed by atoms with E-state index in [9.17, 15) is 23.1 Å². The van der Waals surface area contributed by atoms with E-state index < -0.39 is 30.1 Å². The maximum absolute atomic E-state index is 12.3. The second-order valence-electron chi connectivity index (χ2n) is 4.62. The third-order valence-electron chi connectivity index (χ3n) is 3.03. The fourth-order valence-corrected chi connectivity index (χ4v) is 2.00. The third kappa shape index (κ3) is 5.26. The first-order chi connectivity index (χ1) is 9.76. The van der Waals surface area contributed by atoms with Crippen LogP contribution in [0.2, 0.25) is 0 Å². The molecular weight excluding hydrogens is 289 g/mol. The van der Waals surface area contributed by atoms with E-state index in [1.54, 1.807) is 0 Å². The Balaban J connectivity index is 3.04. The van der Waals surface area contributed by atoms with Gasteiger partial charge in [-0.3, -0.25) is 4.79 Å². The third-order valence-corrected chi connectivity index (χ3v) is 3.03. The van der Waals surface area contributed by atoms with Crippen molar-refractivity contribution in [3.63, 3.8) is 0 Å². The van der Waals surface area contributed by atoms with Crippen LogP contribution < -0.4 is 4.74 Å². The summed E-state index contributed by atoms with van der Waals surface area (Å²) < 4.78 is 40.8. The number of para-hydroxylation sites is 1. The zero-order valence-corrected chi connectivity index (χ0v) is 11.4. The minimum atomic E-state index is -4.90. The summed E-state index contributed by atoms with van der Waals surface area (Å²) in [5.41, 5.74) is -0.182. The molecule has 0 saturated heterocycles. The van der Waals surface area contributed by atoms with E-state index in [2.05, 4.69) is 4.74 Å². The molecule has 1 rings (SSSR count). The van der Waals surface area contributed by atoms with Crippen molar-refractivity contribution in [1.29, 1.82) is 0 Å². The Morgan fingerprint density at radius 2 is 1.95 bits per heavy atom. The average Bonchev–Trinajstić information content (AvgIpc) is 2.37. The van der Waals surface area contributed by atoms with Gasteiger partial charge in [0.15, 0.2) is 0 Å². The van der Waals surface area contributed by atoms with Gasteiger partial charge in [-0.05, 0) is 12.5 Å². The van der Waals surface area contributed by atoms with Crippen molar-refractivity contribution in [2.24, 2.45) is 5.92 Å². The van der Waals surface area contributed by atoms with Crippen LogP contribution in [0.15, 0.2) is 24.3 Å². The molecule has 21 heavy (non-hydrogen) atoms. The van der Waals surface area contributed by atoms with Crippen molar-refractivity contribution in [2.75, 3.05) is 0 Å². The molecule has 7 heteroatoms. The Bertz CT molecular complexity index is 474. The number of carbonyl (C=O) groups is 1. The number of unbranched alkanes of at least 4 members (excludes halogenated alkanes) is 1. The summed E-state index contributed by atoms with van der Waals surface area (Å²) in [6.07, 6.45) is -5.02. The van der Waals surface area contributed by atoms with Gasteiger partial charge in [0.25, 0.3) is 0 Å². The van der Waals surface area contributed by atoms with Gasteiger partial charge in [-0.15, -0.1) is 13.2 Å². The average molecular weight is 306 g/mol. The van der Waals surface area contributed by atoms with E-state index in [1.807, 2.05) is 6.92 Å². The van der Waals surface area contributed by atoms with Crippen molar-refractivity contribution in [1.82, 2.24) is 0 Å². The summed E-state index contributed by atoms with van der Waals surface area (Å²) in [5.74, 6) is -3.01. The largest absolute Gasteiger partial charge is 0.573 e. The first kappa shape index (κ1) is 17.3. The molecule has 0 fully saturated rings. The molecule has 0 aliphatic rings. The first-order valence-electron chi connectivity index (χ1n) is 6.51. The van der Waals surface area contributed by atoms with Gasteiger partial charge in [-0.1, -0.05) is 38.0 Å². The fourth-order valence-electron chi connectivity index (χ4n) is 2.00. The number of carboxylic acids is 1. The van der Waals surface area contributed by atoms with Crippen LogP contribution >= 0.6 is 0 Å². The van der Waals surface area contributed by atoms with Crippen molar-refractivity contribution >= 4 is 5.97 Å². The Morgan fingerprint density at radius 3 is 2.48 bits per heavy atom. The standard InChI is InChI=1S/C14H17F3O4/c1-2-3-6-10(13(19)20)12(18)9-7-4-5-8-11(9)21-14(15,16)17/h4-5,7-8,10,12,18H,2-3,6H2,1H3,(H,19,20). The second-order valence-corrected chi connectivity index (χ2v) is 4.62. The summed E-state index contributed by atoms with van der Waals surface area (Å²) in [6, 6.07) is 5.01. The SMILES string of the molecule is CCCCC(C(=O)O)C(O)c1ccccc1OC(F)(F)F. The number of alkyl halides is 3. The van der Waals surface area contributed by atoms with Crippen LogP contribution in [0.3, 0.4) is 0 Å². The molecule has 1 aromatic rings. The number of halogens is 3. The summed E-state index contributed by atoms with van der Waals surface area (Å²) in [4.78, 5) is 11.2. The Labute approximate surface area is 120 Å². The molecule has 118 valence electrons. The summed E-state index contributed by atoms with van der Waals surface area (Å²) in [5, 5.41) is 19.3.